The second-order valence-electron chi connectivity index (χ2n) is 3.55. The number of carbonyl (C=O) groups excluding carboxylic acids is 1. The molecule has 84 valence electrons. The first-order valence-electron chi connectivity index (χ1n) is 5.10. The molecule has 0 amide bonds. The number of carbonyl (C=O) groups is 1. The maximum Gasteiger partial charge on any atom is 0.356 e. The standard InChI is InChI=1S/C11H13N3O2/c1-4-8-13-9-6(2)5-7(11(15)16-3)12-10(9)14-8/h5H,4H2,1-3H3,(H,12,13,14). The van der Waals surface area contributed by atoms with Gasteiger partial charge < -0.3 is 9.72 Å². The lowest BCUT2D eigenvalue weighted by Gasteiger charge is -2.00. The topological polar surface area (TPSA) is 67.9 Å². The first-order valence-corrected chi connectivity index (χ1v) is 5.10. The number of nitrogens with one attached hydrogen (secondary N) is 1. The quantitative estimate of drug-likeness (QED) is 0.779. The van der Waals surface area contributed by atoms with Crippen LogP contribution in [0.5, 0.6) is 0 Å². The Morgan fingerprint density at radius 1 is 1.50 bits per heavy atom. The van der Waals surface area contributed by atoms with Crippen molar-refractivity contribution in [2.24, 2.45) is 0 Å². The Morgan fingerprint density at radius 3 is 2.88 bits per heavy atom. The number of fused-ring (bicyclic) bond motifs is 1. The van der Waals surface area contributed by atoms with E-state index >= 15 is 0 Å². The van der Waals surface area contributed by atoms with E-state index in [1.54, 1.807) is 6.07 Å². The molecule has 0 aliphatic heterocycles. The van der Waals surface area contributed by atoms with Crippen molar-refractivity contribution in [2.45, 2.75) is 20.3 Å². The van der Waals surface area contributed by atoms with Crippen molar-refractivity contribution < 1.29 is 9.53 Å². The number of esters is 1. The van der Waals surface area contributed by atoms with Crippen LogP contribution in [0, 0.1) is 6.92 Å². The van der Waals surface area contributed by atoms with Crippen molar-refractivity contribution in [1.82, 2.24) is 15.0 Å². The van der Waals surface area contributed by atoms with E-state index in [-0.39, 0.29) is 0 Å². The van der Waals surface area contributed by atoms with Crippen LogP contribution in [0.2, 0.25) is 0 Å². The van der Waals surface area contributed by atoms with Gasteiger partial charge in [-0.1, -0.05) is 6.92 Å². The van der Waals surface area contributed by atoms with Crippen LogP contribution in [0.15, 0.2) is 6.07 Å². The lowest BCUT2D eigenvalue weighted by Crippen LogP contribution is -2.04. The Balaban J connectivity index is 2.61. The van der Waals surface area contributed by atoms with Crippen LogP contribution in [0.4, 0.5) is 0 Å². The van der Waals surface area contributed by atoms with Crippen LogP contribution < -0.4 is 0 Å². The zero-order valence-electron chi connectivity index (χ0n) is 9.50. The number of nitrogens with zero attached hydrogens (tertiary/aromatic N) is 2. The number of hydrogen-bond donors (Lipinski definition) is 1. The molecule has 0 fully saturated rings. The van der Waals surface area contributed by atoms with Gasteiger partial charge in [0, 0.05) is 6.42 Å². The minimum atomic E-state index is -0.439. The second kappa shape index (κ2) is 3.92. The summed E-state index contributed by atoms with van der Waals surface area (Å²) >= 11 is 0. The molecule has 2 heterocycles. The molecule has 0 aromatic carbocycles. The molecule has 0 bridgehead atoms. The molecule has 0 spiro atoms. The third-order valence-electron chi connectivity index (χ3n) is 2.44. The Bertz CT molecular complexity index is 545. The molecular formula is C11H13N3O2. The summed E-state index contributed by atoms with van der Waals surface area (Å²) in [6, 6.07) is 1.70. The first-order chi connectivity index (χ1) is 7.65. The fraction of sp³-hybridized carbons (Fsp3) is 0.364. The summed E-state index contributed by atoms with van der Waals surface area (Å²) in [7, 11) is 1.34. The molecule has 2 aromatic heterocycles. The van der Waals surface area contributed by atoms with Gasteiger partial charge in [0.15, 0.2) is 11.3 Å². The van der Waals surface area contributed by atoms with Crippen molar-refractivity contribution in [3.05, 3.63) is 23.1 Å². The Hall–Kier alpha value is -1.91. The summed E-state index contributed by atoms with van der Waals surface area (Å²) in [4.78, 5) is 23.0. The van der Waals surface area contributed by atoms with Crippen molar-refractivity contribution in [3.8, 4) is 0 Å². The SMILES string of the molecule is CCc1nc2nc(C(=O)OC)cc(C)c2[nH]1. The summed E-state index contributed by atoms with van der Waals surface area (Å²) in [5.41, 5.74) is 2.68. The van der Waals surface area contributed by atoms with Gasteiger partial charge in [0.05, 0.1) is 12.6 Å². The van der Waals surface area contributed by atoms with Gasteiger partial charge in [-0.3, -0.25) is 0 Å². The van der Waals surface area contributed by atoms with E-state index in [9.17, 15) is 4.79 Å². The predicted molar refractivity (Wildman–Crippen MR) is 59.3 cm³/mol. The number of H-pyrrole nitrogens is 1. The number of pyridine rings is 1. The van der Waals surface area contributed by atoms with Gasteiger partial charge >= 0.3 is 5.97 Å². The number of rotatable bonds is 2. The monoisotopic (exact) mass is 219 g/mol. The number of aromatic amines is 1. The predicted octanol–water partition coefficient (Wildman–Crippen LogP) is 1.62. The zero-order chi connectivity index (χ0) is 11.7. The average Bonchev–Trinajstić information content (AvgIpc) is 2.71. The molecule has 0 aliphatic carbocycles. The molecule has 0 atom stereocenters. The Morgan fingerprint density at radius 2 is 2.25 bits per heavy atom. The van der Waals surface area contributed by atoms with Crippen LogP contribution in [0.3, 0.4) is 0 Å². The third-order valence-corrected chi connectivity index (χ3v) is 2.44. The van der Waals surface area contributed by atoms with Gasteiger partial charge in [0.2, 0.25) is 0 Å². The first kappa shape index (κ1) is 10.6. The highest BCUT2D eigenvalue weighted by atomic mass is 16.5. The molecule has 0 radical (unpaired) electrons. The van der Waals surface area contributed by atoms with Crippen molar-refractivity contribution in [3.63, 3.8) is 0 Å². The molecule has 0 aliphatic rings. The van der Waals surface area contributed by atoms with Gasteiger partial charge in [-0.05, 0) is 18.6 Å². The highest BCUT2D eigenvalue weighted by molar-refractivity contribution is 5.90. The summed E-state index contributed by atoms with van der Waals surface area (Å²) in [6.07, 6.45) is 0.809. The summed E-state index contributed by atoms with van der Waals surface area (Å²) in [5, 5.41) is 0. The van der Waals surface area contributed by atoms with Gasteiger partial charge in [0.1, 0.15) is 5.82 Å². The molecule has 0 saturated heterocycles. The van der Waals surface area contributed by atoms with E-state index < -0.39 is 5.97 Å². The van der Waals surface area contributed by atoms with Crippen LogP contribution in [-0.2, 0) is 11.2 Å². The van der Waals surface area contributed by atoms with E-state index in [1.165, 1.54) is 7.11 Å². The van der Waals surface area contributed by atoms with Gasteiger partial charge in [-0.25, -0.2) is 14.8 Å². The smallest absolute Gasteiger partial charge is 0.356 e. The van der Waals surface area contributed by atoms with Crippen LogP contribution in [0.1, 0.15) is 28.8 Å². The van der Waals surface area contributed by atoms with Gasteiger partial charge in [-0.2, -0.15) is 0 Å². The maximum absolute atomic E-state index is 11.4. The lowest BCUT2D eigenvalue weighted by atomic mass is 10.2. The van der Waals surface area contributed by atoms with E-state index in [4.69, 9.17) is 0 Å². The molecule has 5 nitrogen and oxygen atoms in total. The largest absolute Gasteiger partial charge is 0.464 e. The van der Waals surface area contributed by atoms with Gasteiger partial charge in [0.25, 0.3) is 0 Å². The number of ether oxygens (including phenoxy) is 1. The van der Waals surface area contributed by atoms with Crippen LogP contribution in [-0.4, -0.2) is 28.0 Å². The molecule has 0 saturated carbocycles. The number of aryl methyl sites for hydroxylation is 2. The van der Waals surface area contributed by atoms with Crippen molar-refractivity contribution in [2.75, 3.05) is 7.11 Å². The number of aromatic nitrogens is 3. The summed E-state index contributed by atoms with van der Waals surface area (Å²) in [6.45, 7) is 3.92. The summed E-state index contributed by atoms with van der Waals surface area (Å²) in [5.74, 6) is 0.429. The Kier molecular flexibility index (Phi) is 2.60. The van der Waals surface area contributed by atoms with Crippen molar-refractivity contribution in [1.29, 1.82) is 0 Å². The number of imidazole rings is 1. The fourth-order valence-electron chi connectivity index (χ4n) is 1.57. The van der Waals surface area contributed by atoms with E-state index in [1.807, 2.05) is 13.8 Å². The van der Waals surface area contributed by atoms with E-state index in [2.05, 4.69) is 19.7 Å². The summed E-state index contributed by atoms with van der Waals surface area (Å²) < 4.78 is 4.63. The zero-order valence-corrected chi connectivity index (χ0v) is 9.50. The molecule has 1 N–H and O–H groups in total. The molecule has 16 heavy (non-hydrogen) atoms. The third kappa shape index (κ3) is 1.64. The second-order valence-corrected chi connectivity index (χ2v) is 3.55. The number of hydrogen-bond acceptors (Lipinski definition) is 4. The van der Waals surface area contributed by atoms with Gasteiger partial charge in [-0.15, -0.1) is 0 Å². The highest BCUT2D eigenvalue weighted by Gasteiger charge is 2.12. The molecule has 5 heteroatoms. The normalized spacial score (nSPS) is 10.7. The van der Waals surface area contributed by atoms with Crippen LogP contribution in [0.25, 0.3) is 11.2 Å². The minimum Gasteiger partial charge on any atom is -0.464 e. The average molecular weight is 219 g/mol. The van der Waals surface area contributed by atoms with E-state index in [0.717, 1.165) is 23.3 Å². The fourth-order valence-corrected chi connectivity index (χ4v) is 1.57. The highest BCUT2D eigenvalue weighted by Crippen LogP contribution is 2.16. The maximum atomic E-state index is 11.4. The van der Waals surface area contributed by atoms with Crippen molar-refractivity contribution >= 4 is 17.1 Å². The molecular weight excluding hydrogens is 206 g/mol. The lowest BCUT2D eigenvalue weighted by molar-refractivity contribution is 0.0594. The van der Waals surface area contributed by atoms with Crippen LogP contribution >= 0.6 is 0 Å². The number of methoxy groups -OCH3 is 1. The molecule has 2 aromatic rings. The van der Waals surface area contributed by atoms with E-state index in [0.29, 0.717) is 11.3 Å². The molecule has 2 rings (SSSR count). The minimum absolute atomic E-state index is 0.293. The molecule has 0 unspecified atom stereocenters. The Labute approximate surface area is 92.9 Å².